The Morgan fingerprint density at radius 3 is 2.57 bits per heavy atom. The fourth-order valence-electron chi connectivity index (χ4n) is 4.48. The first-order valence-corrected chi connectivity index (χ1v) is 11.7. The van der Waals surface area contributed by atoms with Crippen LogP contribution in [0.25, 0.3) is 5.65 Å². The molecule has 3 amide bonds. The second kappa shape index (κ2) is 9.97. The van der Waals surface area contributed by atoms with E-state index >= 15 is 0 Å². The third-order valence-electron chi connectivity index (χ3n) is 6.43. The second-order valence-corrected chi connectivity index (χ2v) is 8.71. The van der Waals surface area contributed by atoms with Crippen molar-refractivity contribution in [2.75, 3.05) is 18.4 Å². The first-order valence-electron chi connectivity index (χ1n) is 11.7. The number of pyridine rings is 1. The first kappa shape index (κ1) is 22.6. The monoisotopic (exact) mass is 471 g/mol. The highest BCUT2D eigenvalue weighted by Crippen LogP contribution is 2.30. The van der Waals surface area contributed by atoms with Gasteiger partial charge in [-0.25, -0.2) is 14.2 Å². The van der Waals surface area contributed by atoms with E-state index in [4.69, 9.17) is 0 Å². The Morgan fingerprint density at radius 2 is 1.80 bits per heavy atom. The number of aromatic nitrogens is 2. The highest BCUT2D eigenvalue weighted by molar-refractivity contribution is 5.94. The Kier molecular flexibility index (Phi) is 6.43. The van der Waals surface area contributed by atoms with Crippen LogP contribution in [0.5, 0.6) is 0 Å². The van der Waals surface area contributed by atoms with Gasteiger partial charge in [-0.05, 0) is 66.3 Å². The van der Waals surface area contributed by atoms with Gasteiger partial charge in [-0.1, -0.05) is 24.3 Å². The van der Waals surface area contributed by atoms with E-state index in [0.29, 0.717) is 25.2 Å². The summed E-state index contributed by atoms with van der Waals surface area (Å²) in [5, 5.41) is 5.33. The number of anilines is 1. The summed E-state index contributed by atoms with van der Waals surface area (Å²) in [5.74, 6) is -0.269. The average molecular weight is 472 g/mol. The van der Waals surface area contributed by atoms with Gasteiger partial charge in [0.25, 0.3) is 5.91 Å². The predicted octanol–water partition coefficient (Wildman–Crippen LogP) is 4.81. The molecule has 178 valence electrons. The molecule has 1 fully saturated rings. The van der Waals surface area contributed by atoms with Crippen LogP contribution in [0.15, 0.2) is 79.3 Å². The van der Waals surface area contributed by atoms with Gasteiger partial charge in [-0.2, -0.15) is 0 Å². The number of carbonyl (C=O) groups is 2. The van der Waals surface area contributed by atoms with Crippen molar-refractivity contribution in [3.8, 4) is 0 Å². The van der Waals surface area contributed by atoms with Crippen molar-refractivity contribution in [1.82, 2.24) is 19.6 Å². The van der Waals surface area contributed by atoms with Crippen molar-refractivity contribution in [2.24, 2.45) is 0 Å². The molecule has 0 unspecified atom stereocenters. The van der Waals surface area contributed by atoms with Crippen LogP contribution in [0.1, 0.15) is 40.2 Å². The zero-order chi connectivity index (χ0) is 24.2. The summed E-state index contributed by atoms with van der Waals surface area (Å²) in [6.07, 6.45) is 6.97. The Morgan fingerprint density at radius 1 is 1.00 bits per heavy atom. The average Bonchev–Trinajstić information content (AvgIpc) is 3.37. The first-order chi connectivity index (χ1) is 17.1. The molecule has 1 aliphatic rings. The number of benzene rings is 2. The highest BCUT2D eigenvalue weighted by Gasteiger charge is 2.25. The molecular formula is C27H26FN5O2. The molecule has 8 heteroatoms. The molecule has 0 atom stereocenters. The largest absolute Gasteiger partial charge is 0.339 e. The lowest BCUT2D eigenvalue weighted by atomic mass is 9.89. The summed E-state index contributed by atoms with van der Waals surface area (Å²) >= 11 is 0. The predicted molar refractivity (Wildman–Crippen MR) is 132 cm³/mol. The van der Waals surface area contributed by atoms with Gasteiger partial charge in [-0.15, -0.1) is 0 Å². The number of hydrogen-bond donors (Lipinski definition) is 2. The van der Waals surface area contributed by atoms with Crippen molar-refractivity contribution in [1.29, 1.82) is 0 Å². The summed E-state index contributed by atoms with van der Waals surface area (Å²) in [5.41, 5.74) is 3.39. The van der Waals surface area contributed by atoms with E-state index < -0.39 is 11.8 Å². The normalized spacial score (nSPS) is 14.1. The highest BCUT2D eigenvalue weighted by atomic mass is 19.1. The zero-order valence-electron chi connectivity index (χ0n) is 19.2. The van der Waals surface area contributed by atoms with Crippen LogP contribution in [0.2, 0.25) is 0 Å². The molecule has 0 bridgehead atoms. The van der Waals surface area contributed by atoms with Gasteiger partial charge >= 0.3 is 6.03 Å². The zero-order valence-corrected chi connectivity index (χ0v) is 19.2. The third kappa shape index (κ3) is 5.16. The molecule has 1 aliphatic heterocycles. The number of nitrogens with zero attached hydrogens (tertiary/aromatic N) is 3. The molecule has 7 nitrogen and oxygen atoms in total. The minimum Gasteiger partial charge on any atom is -0.339 e. The maximum atomic E-state index is 14.8. The number of urea groups is 1. The minimum absolute atomic E-state index is 0.0329. The van der Waals surface area contributed by atoms with Crippen LogP contribution >= 0.6 is 0 Å². The van der Waals surface area contributed by atoms with Crippen LogP contribution in [-0.4, -0.2) is 39.3 Å². The minimum atomic E-state index is -0.479. The summed E-state index contributed by atoms with van der Waals surface area (Å²) in [6, 6.07) is 17.5. The van der Waals surface area contributed by atoms with Crippen LogP contribution in [-0.2, 0) is 6.54 Å². The van der Waals surface area contributed by atoms with Gasteiger partial charge in [0, 0.05) is 43.8 Å². The van der Waals surface area contributed by atoms with Crippen molar-refractivity contribution in [3.63, 3.8) is 0 Å². The van der Waals surface area contributed by atoms with E-state index in [1.54, 1.807) is 12.3 Å². The molecule has 4 aromatic rings. The van der Waals surface area contributed by atoms with Gasteiger partial charge in [0.15, 0.2) is 0 Å². The molecule has 0 radical (unpaired) electrons. The number of hydrogen-bond acceptors (Lipinski definition) is 3. The van der Waals surface area contributed by atoms with Gasteiger partial charge in [-0.3, -0.25) is 4.79 Å². The van der Waals surface area contributed by atoms with Crippen LogP contribution in [0.3, 0.4) is 0 Å². The van der Waals surface area contributed by atoms with E-state index in [1.807, 2.05) is 70.2 Å². The topological polar surface area (TPSA) is 78.7 Å². The van der Waals surface area contributed by atoms with Gasteiger partial charge in [0.2, 0.25) is 0 Å². The van der Waals surface area contributed by atoms with Crippen molar-refractivity contribution >= 4 is 23.3 Å². The fourth-order valence-corrected chi connectivity index (χ4v) is 4.48. The van der Waals surface area contributed by atoms with Crippen molar-refractivity contribution in [2.45, 2.75) is 25.3 Å². The van der Waals surface area contributed by atoms with Gasteiger partial charge in [0.1, 0.15) is 11.5 Å². The maximum Gasteiger partial charge on any atom is 0.319 e. The van der Waals surface area contributed by atoms with Crippen molar-refractivity contribution in [3.05, 3.63) is 102 Å². The Hall–Kier alpha value is -4.20. The molecule has 0 spiro atoms. The Balaban J connectivity index is 1.14. The Bertz CT molecular complexity index is 1350. The molecule has 2 aromatic heterocycles. The van der Waals surface area contributed by atoms with E-state index in [9.17, 15) is 14.0 Å². The summed E-state index contributed by atoms with van der Waals surface area (Å²) in [4.78, 5) is 31.0. The van der Waals surface area contributed by atoms with Crippen LogP contribution in [0, 0.1) is 5.82 Å². The quantitative estimate of drug-likeness (QED) is 0.438. The van der Waals surface area contributed by atoms with E-state index in [0.717, 1.165) is 29.6 Å². The lowest BCUT2D eigenvalue weighted by Gasteiger charge is -2.32. The summed E-state index contributed by atoms with van der Waals surface area (Å²) < 4.78 is 16.7. The molecule has 0 aliphatic carbocycles. The standard InChI is InChI=1S/C27H26FN5O2/c28-23-17-22(20-9-13-33(14-10-20)26(34)21-4-2-1-3-5-21)6-7-24(23)31-27(35)30-18-19-8-12-32-15-11-29-25(32)16-19/h1-8,11-12,15-17,20H,9-10,13-14,18H2,(H2,30,31,35). The third-order valence-corrected chi connectivity index (χ3v) is 6.43. The fraction of sp³-hybridized carbons (Fsp3) is 0.222. The maximum absolute atomic E-state index is 14.8. The molecule has 5 rings (SSSR count). The molecule has 35 heavy (non-hydrogen) atoms. The number of amides is 3. The van der Waals surface area contributed by atoms with Gasteiger partial charge < -0.3 is 19.9 Å². The van der Waals surface area contributed by atoms with E-state index in [1.165, 1.54) is 6.07 Å². The van der Waals surface area contributed by atoms with Gasteiger partial charge in [0.05, 0.1) is 5.69 Å². The van der Waals surface area contributed by atoms with E-state index in [2.05, 4.69) is 15.6 Å². The molecule has 1 saturated heterocycles. The van der Waals surface area contributed by atoms with E-state index in [-0.39, 0.29) is 17.5 Å². The number of likely N-dealkylation sites (tertiary alicyclic amines) is 1. The molecule has 3 heterocycles. The van der Waals surface area contributed by atoms with Crippen molar-refractivity contribution < 1.29 is 14.0 Å². The molecule has 2 N–H and O–H groups in total. The lowest BCUT2D eigenvalue weighted by Crippen LogP contribution is -2.37. The summed E-state index contributed by atoms with van der Waals surface area (Å²) in [7, 11) is 0. The smallest absolute Gasteiger partial charge is 0.319 e. The molecule has 0 saturated carbocycles. The SMILES string of the molecule is O=C(NCc1ccn2ccnc2c1)Nc1ccc(C2CCN(C(=O)c3ccccc3)CC2)cc1F. The van der Waals surface area contributed by atoms with Crippen LogP contribution < -0.4 is 10.6 Å². The molecule has 2 aromatic carbocycles. The number of rotatable bonds is 5. The Labute approximate surface area is 202 Å². The second-order valence-electron chi connectivity index (χ2n) is 8.71. The number of fused-ring (bicyclic) bond motifs is 1. The number of piperidine rings is 1. The number of carbonyl (C=O) groups excluding carboxylic acids is 2. The number of imidazole rings is 1. The number of halogens is 1. The number of nitrogens with one attached hydrogen (secondary N) is 2. The lowest BCUT2D eigenvalue weighted by molar-refractivity contribution is 0.0713. The van der Waals surface area contributed by atoms with Crippen LogP contribution in [0.4, 0.5) is 14.9 Å². The molecular weight excluding hydrogens is 445 g/mol. The summed E-state index contributed by atoms with van der Waals surface area (Å²) in [6.45, 7) is 1.56.